The molecule has 0 saturated heterocycles. The van der Waals surface area contributed by atoms with Crippen LogP contribution in [0.15, 0.2) is 23.1 Å². The van der Waals surface area contributed by atoms with E-state index in [0.717, 1.165) is 0 Å². The summed E-state index contributed by atoms with van der Waals surface area (Å²) in [6.45, 7) is 4.88. The second-order valence-corrected chi connectivity index (χ2v) is 6.05. The van der Waals surface area contributed by atoms with Crippen LogP contribution >= 0.6 is 0 Å². The van der Waals surface area contributed by atoms with Gasteiger partial charge >= 0.3 is 0 Å². The Balaban J connectivity index is 2.98. The van der Waals surface area contributed by atoms with Crippen molar-refractivity contribution < 1.29 is 22.0 Å². The molecule has 0 aromatic heterocycles. The minimum Gasteiger partial charge on any atom is -0.281 e. The van der Waals surface area contributed by atoms with Crippen molar-refractivity contribution in [3.8, 4) is 0 Å². The summed E-state index contributed by atoms with van der Waals surface area (Å²) in [5.74, 6) is -1.94. The number of halogens is 2. The summed E-state index contributed by atoms with van der Waals surface area (Å²) in [4.78, 5) is 6.13. The average molecular weight is 265 g/mol. The third kappa shape index (κ3) is 4.37. The van der Waals surface area contributed by atoms with Gasteiger partial charge in [-0.15, -0.1) is 0 Å². The summed E-state index contributed by atoms with van der Waals surface area (Å²) in [6.07, 6.45) is 0. The molecule has 0 spiro atoms. The summed E-state index contributed by atoms with van der Waals surface area (Å²) in [7, 11) is -4.09. The lowest BCUT2D eigenvalue weighted by Crippen LogP contribution is -2.33. The Labute approximate surface area is 98.6 Å². The Morgan fingerprint density at radius 1 is 1.12 bits per heavy atom. The highest BCUT2D eigenvalue weighted by Gasteiger charge is 2.20. The first-order valence-electron chi connectivity index (χ1n) is 4.76. The standard InChI is InChI=1S/C10H13F2NO3S/c1-10(2,3)16-13-17(14,15)9-5-7(11)4-8(12)6-9/h4-6,13H,1-3H3. The van der Waals surface area contributed by atoms with Gasteiger partial charge in [-0.1, -0.05) is 4.89 Å². The highest BCUT2D eigenvalue weighted by molar-refractivity contribution is 7.89. The fraction of sp³-hybridized carbons (Fsp3) is 0.400. The molecule has 0 aliphatic rings. The van der Waals surface area contributed by atoms with Crippen molar-refractivity contribution in [1.82, 2.24) is 4.89 Å². The molecule has 0 aliphatic carbocycles. The van der Waals surface area contributed by atoms with Crippen molar-refractivity contribution in [1.29, 1.82) is 0 Å². The van der Waals surface area contributed by atoms with Crippen LogP contribution in [0.5, 0.6) is 0 Å². The molecule has 1 aromatic rings. The quantitative estimate of drug-likeness (QED) is 0.850. The summed E-state index contributed by atoms with van der Waals surface area (Å²) in [5.41, 5.74) is -0.751. The molecule has 0 heterocycles. The molecular weight excluding hydrogens is 252 g/mol. The number of hydrogen-bond donors (Lipinski definition) is 1. The molecule has 96 valence electrons. The SMILES string of the molecule is CC(C)(C)ONS(=O)(=O)c1cc(F)cc(F)c1. The van der Waals surface area contributed by atoms with Crippen LogP contribution in [0.3, 0.4) is 0 Å². The Morgan fingerprint density at radius 2 is 1.59 bits per heavy atom. The summed E-state index contributed by atoms with van der Waals surface area (Å²) in [6, 6.07) is 2.00. The first kappa shape index (κ1) is 14.0. The van der Waals surface area contributed by atoms with E-state index in [1.54, 1.807) is 20.8 Å². The summed E-state index contributed by atoms with van der Waals surface area (Å²) in [5, 5.41) is 0. The van der Waals surface area contributed by atoms with E-state index in [1.165, 1.54) is 0 Å². The van der Waals surface area contributed by atoms with Crippen molar-refractivity contribution in [2.45, 2.75) is 31.3 Å². The van der Waals surface area contributed by atoms with Gasteiger partial charge in [0, 0.05) is 6.07 Å². The molecule has 7 heteroatoms. The average Bonchev–Trinajstić information content (AvgIpc) is 2.12. The van der Waals surface area contributed by atoms with E-state index in [4.69, 9.17) is 4.84 Å². The number of sulfonamides is 1. The maximum atomic E-state index is 12.9. The fourth-order valence-corrected chi connectivity index (χ4v) is 1.90. The normalized spacial score (nSPS) is 12.8. The Hall–Kier alpha value is -1.05. The zero-order valence-corrected chi connectivity index (χ0v) is 10.4. The highest BCUT2D eigenvalue weighted by atomic mass is 32.2. The molecule has 1 rings (SSSR count). The van der Waals surface area contributed by atoms with E-state index in [2.05, 4.69) is 0 Å². The van der Waals surface area contributed by atoms with E-state index in [-0.39, 0.29) is 0 Å². The van der Waals surface area contributed by atoms with Crippen LogP contribution in [0.25, 0.3) is 0 Å². The molecule has 1 aromatic carbocycles. The predicted octanol–water partition coefficient (Wildman–Crippen LogP) is 1.97. The van der Waals surface area contributed by atoms with Crippen LogP contribution in [0.1, 0.15) is 20.8 Å². The molecule has 0 saturated carbocycles. The summed E-state index contributed by atoms with van der Waals surface area (Å²) < 4.78 is 48.9. The van der Waals surface area contributed by atoms with Crippen molar-refractivity contribution in [2.75, 3.05) is 0 Å². The smallest absolute Gasteiger partial charge is 0.262 e. The van der Waals surface area contributed by atoms with Gasteiger partial charge in [0.2, 0.25) is 0 Å². The topological polar surface area (TPSA) is 55.4 Å². The number of nitrogens with one attached hydrogen (secondary N) is 1. The second-order valence-electron chi connectivity index (χ2n) is 4.41. The van der Waals surface area contributed by atoms with E-state index in [9.17, 15) is 17.2 Å². The van der Waals surface area contributed by atoms with Crippen LogP contribution in [0.4, 0.5) is 8.78 Å². The highest BCUT2D eigenvalue weighted by Crippen LogP contribution is 2.14. The van der Waals surface area contributed by atoms with Crippen LogP contribution in [-0.4, -0.2) is 14.0 Å². The van der Waals surface area contributed by atoms with E-state index >= 15 is 0 Å². The van der Waals surface area contributed by atoms with E-state index in [0.29, 0.717) is 18.2 Å². The number of hydrogen-bond acceptors (Lipinski definition) is 3. The second kappa shape index (κ2) is 4.67. The van der Waals surface area contributed by atoms with Crippen molar-refractivity contribution in [3.63, 3.8) is 0 Å². The van der Waals surface area contributed by atoms with Crippen LogP contribution in [0.2, 0.25) is 0 Å². The molecule has 0 atom stereocenters. The van der Waals surface area contributed by atoms with Gasteiger partial charge in [-0.25, -0.2) is 17.2 Å². The molecule has 0 fully saturated rings. The molecule has 0 aliphatic heterocycles. The van der Waals surface area contributed by atoms with Gasteiger partial charge in [0.1, 0.15) is 11.6 Å². The third-order valence-corrected chi connectivity index (χ3v) is 2.76. The maximum Gasteiger partial charge on any atom is 0.262 e. The monoisotopic (exact) mass is 265 g/mol. The van der Waals surface area contributed by atoms with Gasteiger partial charge in [0.25, 0.3) is 10.0 Å². The van der Waals surface area contributed by atoms with Gasteiger partial charge in [0.05, 0.1) is 10.5 Å². The minimum absolute atomic E-state index is 0.528. The van der Waals surface area contributed by atoms with Crippen LogP contribution in [-0.2, 0) is 14.9 Å². The lowest BCUT2D eigenvalue weighted by molar-refractivity contribution is -0.0357. The lowest BCUT2D eigenvalue weighted by Gasteiger charge is -2.19. The van der Waals surface area contributed by atoms with Crippen molar-refractivity contribution in [3.05, 3.63) is 29.8 Å². The molecule has 0 radical (unpaired) electrons. The third-order valence-electron chi connectivity index (χ3n) is 1.60. The van der Waals surface area contributed by atoms with Crippen molar-refractivity contribution in [2.24, 2.45) is 0 Å². The van der Waals surface area contributed by atoms with Crippen LogP contribution in [0, 0.1) is 11.6 Å². The fourth-order valence-electron chi connectivity index (χ4n) is 0.912. The van der Waals surface area contributed by atoms with Crippen LogP contribution < -0.4 is 4.89 Å². The lowest BCUT2D eigenvalue weighted by atomic mass is 10.2. The first-order chi connectivity index (χ1) is 7.60. The molecule has 0 unspecified atom stereocenters. The van der Waals surface area contributed by atoms with Gasteiger partial charge in [-0.3, -0.25) is 4.84 Å². The largest absolute Gasteiger partial charge is 0.281 e. The van der Waals surface area contributed by atoms with Gasteiger partial charge in [-0.2, -0.15) is 0 Å². The van der Waals surface area contributed by atoms with Gasteiger partial charge in [0.15, 0.2) is 0 Å². The molecule has 0 bridgehead atoms. The van der Waals surface area contributed by atoms with E-state index in [1.807, 2.05) is 4.89 Å². The van der Waals surface area contributed by atoms with Crippen molar-refractivity contribution >= 4 is 10.0 Å². The Bertz CT molecular complexity index is 489. The zero-order chi connectivity index (χ0) is 13.3. The van der Waals surface area contributed by atoms with Gasteiger partial charge in [-0.05, 0) is 32.9 Å². The first-order valence-corrected chi connectivity index (χ1v) is 6.24. The number of rotatable bonds is 3. The Kier molecular flexibility index (Phi) is 3.85. The maximum absolute atomic E-state index is 12.9. The van der Waals surface area contributed by atoms with Gasteiger partial charge < -0.3 is 0 Å². The Morgan fingerprint density at radius 3 is 2.00 bits per heavy atom. The summed E-state index contributed by atoms with van der Waals surface area (Å²) >= 11 is 0. The molecule has 0 amide bonds. The number of benzene rings is 1. The molecule has 17 heavy (non-hydrogen) atoms. The molecule has 1 N–H and O–H groups in total. The molecule has 4 nitrogen and oxygen atoms in total. The zero-order valence-electron chi connectivity index (χ0n) is 9.62. The van der Waals surface area contributed by atoms with E-state index < -0.39 is 32.2 Å². The predicted molar refractivity (Wildman–Crippen MR) is 57.5 cm³/mol. The molecular formula is C10H13F2NO3S. The minimum atomic E-state index is -4.09.